The molecule has 3 amide bonds. The zero-order valence-electron chi connectivity index (χ0n) is 18.2. The summed E-state index contributed by atoms with van der Waals surface area (Å²) >= 11 is 0. The van der Waals surface area contributed by atoms with Gasteiger partial charge in [0.2, 0.25) is 17.7 Å². The predicted molar refractivity (Wildman–Crippen MR) is 117 cm³/mol. The van der Waals surface area contributed by atoms with Crippen LogP contribution in [0.3, 0.4) is 0 Å². The summed E-state index contributed by atoms with van der Waals surface area (Å²) in [5.41, 5.74) is 1.18. The zero-order valence-corrected chi connectivity index (χ0v) is 18.2. The Hall–Kier alpha value is -2.37. The summed E-state index contributed by atoms with van der Waals surface area (Å²) in [5, 5.41) is 5.99. The quantitative estimate of drug-likeness (QED) is 0.721. The van der Waals surface area contributed by atoms with Gasteiger partial charge in [-0.2, -0.15) is 0 Å². The van der Waals surface area contributed by atoms with Crippen LogP contribution in [0.2, 0.25) is 0 Å². The van der Waals surface area contributed by atoms with Crippen LogP contribution in [0.25, 0.3) is 0 Å². The number of fused-ring (bicyclic) bond motifs is 1. The molecule has 30 heavy (non-hydrogen) atoms. The Labute approximate surface area is 179 Å². The van der Waals surface area contributed by atoms with E-state index in [1.807, 2.05) is 44.2 Å². The summed E-state index contributed by atoms with van der Waals surface area (Å²) in [5.74, 6) is -0.350. The molecule has 3 rings (SSSR count). The second-order valence-corrected chi connectivity index (χ2v) is 8.67. The van der Waals surface area contributed by atoms with Gasteiger partial charge in [0, 0.05) is 18.5 Å². The summed E-state index contributed by atoms with van der Waals surface area (Å²) in [7, 11) is 0. The van der Waals surface area contributed by atoms with Crippen molar-refractivity contribution in [1.82, 2.24) is 15.5 Å². The van der Waals surface area contributed by atoms with E-state index in [1.165, 1.54) is 5.56 Å². The van der Waals surface area contributed by atoms with Gasteiger partial charge >= 0.3 is 0 Å². The molecule has 1 unspecified atom stereocenters. The average Bonchev–Trinajstić information content (AvgIpc) is 3.17. The second kappa shape index (κ2) is 10.6. The normalized spacial score (nSPS) is 25.1. The van der Waals surface area contributed by atoms with E-state index < -0.39 is 12.1 Å². The van der Waals surface area contributed by atoms with E-state index in [0.29, 0.717) is 19.4 Å². The third-order valence-corrected chi connectivity index (χ3v) is 6.57. The van der Waals surface area contributed by atoms with Crippen molar-refractivity contribution in [3.63, 3.8) is 0 Å². The maximum atomic E-state index is 13.4. The number of benzene rings is 1. The molecule has 2 fully saturated rings. The summed E-state index contributed by atoms with van der Waals surface area (Å²) in [4.78, 5) is 40.5. The fourth-order valence-corrected chi connectivity index (χ4v) is 4.51. The van der Waals surface area contributed by atoms with Gasteiger partial charge in [-0.15, -0.1) is 0 Å². The molecule has 2 aliphatic heterocycles. The van der Waals surface area contributed by atoms with Gasteiger partial charge in [-0.05, 0) is 44.1 Å². The van der Waals surface area contributed by atoms with Gasteiger partial charge in [0.15, 0.2) is 0 Å². The Balaban J connectivity index is 1.63. The lowest BCUT2D eigenvalue weighted by molar-refractivity contribution is -0.144. The molecular weight excluding hydrogens is 378 g/mol. The summed E-state index contributed by atoms with van der Waals surface area (Å²) in [6.45, 7) is 4.40. The van der Waals surface area contributed by atoms with Crippen molar-refractivity contribution in [1.29, 1.82) is 0 Å². The topological polar surface area (TPSA) is 78.5 Å². The summed E-state index contributed by atoms with van der Waals surface area (Å²) in [6, 6.07) is 9.20. The molecule has 164 valence electrons. The van der Waals surface area contributed by atoms with Crippen LogP contribution in [0.4, 0.5) is 0 Å². The number of carbonyl (C=O) groups excluding carboxylic acids is 3. The van der Waals surface area contributed by atoms with Crippen LogP contribution in [0.15, 0.2) is 30.3 Å². The van der Waals surface area contributed by atoms with Gasteiger partial charge in [-0.25, -0.2) is 0 Å². The molecule has 1 aromatic rings. The molecule has 0 aromatic heterocycles. The summed E-state index contributed by atoms with van der Waals surface area (Å²) in [6.07, 6.45) is 6.59. The first-order chi connectivity index (χ1) is 14.5. The molecular formula is C24H35N3O3. The van der Waals surface area contributed by atoms with Crippen molar-refractivity contribution >= 4 is 17.7 Å². The van der Waals surface area contributed by atoms with Crippen LogP contribution in [0.5, 0.6) is 0 Å². The molecule has 2 aliphatic rings. The number of carbonyl (C=O) groups is 3. The van der Waals surface area contributed by atoms with Crippen LogP contribution in [-0.2, 0) is 20.8 Å². The number of nitrogens with zero attached hydrogens (tertiary/aromatic N) is 1. The Kier molecular flexibility index (Phi) is 7.88. The van der Waals surface area contributed by atoms with Crippen LogP contribution >= 0.6 is 0 Å². The maximum Gasteiger partial charge on any atom is 0.246 e. The maximum absolute atomic E-state index is 13.4. The Morgan fingerprint density at radius 1 is 1.10 bits per heavy atom. The van der Waals surface area contributed by atoms with Gasteiger partial charge in [-0.1, -0.05) is 57.0 Å². The monoisotopic (exact) mass is 413 g/mol. The first-order valence-corrected chi connectivity index (χ1v) is 11.5. The lowest BCUT2D eigenvalue weighted by Gasteiger charge is -2.35. The van der Waals surface area contributed by atoms with E-state index in [0.717, 1.165) is 38.5 Å². The van der Waals surface area contributed by atoms with E-state index in [1.54, 1.807) is 4.90 Å². The van der Waals surface area contributed by atoms with Crippen LogP contribution < -0.4 is 10.6 Å². The van der Waals surface area contributed by atoms with E-state index in [9.17, 15) is 14.4 Å². The van der Waals surface area contributed by atoms with Crippen LogP contribution in [0, 0.1) is 5.92 Å². The zero-order chi connectivity index (χ0) is 21.5. The molecule has 6 heteroatoms. The fourth-order valence-electron chi connectivity index (χ4n) is 4.51. The minimum Gasteiger partial charge on any atom is -0.354 e. The fraction of sp³-hybridized carbons (Fsp3) is 0.625. The number of hydrogen-bond acceptors (Lipinski definition) is 3. The first kappa shape index (κ1) is 22.3. The Bertz CT molecular complexity index is 736. The van der Waals surface area contributed by atoms with Crippen molar-refractivity contribution in [2.75, 3.05) is 6.54 Å². The number of rotatable bonds is 7. The highest BCUT2D eigenvalue weighted by Gasteiger charge is 2.43. The minimum atomic E-state index is -0.521. The van der Waals surface area contributed by atoms with Crippen LogP contribution in [0.1, 0.15) is 64.4 Å². The largest absolute Gasteiger partial charge is 0.354 e. The standard InChI is InChI=1S/C24H35N3O3/c1-3-17(2)22(28)26-20-12-8-7-11-19-13-14-21(27(19)24(20)30)23(29)25-16-15-18-9-5-4-6-10-18/h4-6,9-10,17,19-21H,3,7-8,11-16H2,1-2H3,(H,25,29)(H,26,28)/t17-,19+,20+,21?/m1/s1. The lowest BCUT2D eigenvalue weighted by atomic mass is 9.98. The average molecular weight is 414 g/mol. The smallest absolute Gasteiger partial charge is 0.246 e. The molecule has 0 saturated carbocycles. The van der Waals surface area contributed by atoms with Gasteiger partial charge in [0.1, 0.15) is 12.1 Å². The van der Waals surface area contributed by atoms with Crippen LogP contribution in [-0.4, -0.2) is 47.3 Å². The molecule has 4 atom stereocenters. The minimum absolute atomic E-state index is 0.0731. The molecule has 2 heterocycles. The SMILES string of the molecule is CC[C@@H](C)C(=O)N[C@H]1CCCC[C@H]2CCC(C(=O)NCCc3ccccc3)N2C1=O. The molecule has 2 saturated heterocycles. The van der Waals surface area contributed by atoms with Gasteiger partial charge in [0.05, 0.1) is 0 Å². The molecule has 0 bridgehead atoms. The molecule has 6 nitrogen and oxygen atoms in total. The van der Waals surface area contributed by atoms with E-state index >= 15 is 0 Å². The molecule has 0 aliphatic carbocycles. The second-order valence-electron chi connectivity index (χ2n) is 8.67. The third kappa shape index (κ3) is 5.41. The molecule has 2 N–H and O–H groups in total. The van der Waals surface area contributed by atoms with Crippen molar-refractivity contribution in [2.45, 2.75) is 83.3 Å². The number of hydrogen-bond donors (Lipinski definition) is 2. The lowest BCUT2D eigenvalue weighted by Crippen LogP contribution is -2.57. The molecule has 0 radical (unpaired) electrons. The summed E-state index contributed by atoms with van der Waals surface area (Å²) < 4.78 is 0. The Morgan fingerprint density at radius 2 is 1.83 bits per heavy atom. The van der Waals surface area contributed by atoms with E-state index in [2.05, 4.69) is 10.6 Å². The van der Waals surface area contributed by atoms with Crippen molar-refractivity contribution in [2.24, 2.45) is 5.92 Å². The van der Waals surface area contributed by atoms with Gasteiger partial charge in [-0.3, -0.25) is 14.4 Å². The number of amides is 3. The highest BCUT2D eigenvalue weighted by molar-refractivity contribution is 5.93. The third-order valence-electron chi connectivity index (χ3n) is 6.57. The predicted octanol–water partition coefficient (Wildman–Crippen LogP) is 2.81. The van der Waals surface area contributed by atoms with Crippen molar-refractivity contribution < 1.29 is 14.4 Å². The van der Waals surface area contributed by atoms with E-state index in [4.69, 9.17) is 0 Å². The first-order valence-electron chi connectivity index (χ1n) is 11.5. The van der Waals surface area contributed by atoms with Gasteiger partial charge in [0.25, 0.3) is 0 Å². The highest BCUT2D eigenvalue weighted by Crippen LogP contribution is 2.31. The highest BCUT2D eigenvalue weighted by atomic mass is 16.2. The molecule has 0 spiro atoms. The van der Waals surface area contributed by atoms with E-state index in [-0.39, 0.29) is 29.7 Å². The van der Waals surface area contributed by atoms with Crippen molar-refractivity contribution in [3.05, 3.63) is 35.9 Å². The number of nitrogens with one attached hydrogen (secondary N) is 2. The molecule has 1 aromatic carbocycles. The van der Waals surface area contributed by atoms with Crippen molar-refractivity contribution in [3.8, 4) is 0 Å². The Morgan fingerprint density at radius 3 is 2.57 bits per heavy atom. The van der Waals surface area contributed by atoms with Gasteiger partial charge < -0.3 is 15.5 Å².